The van der Waals surface area contributed by atoms with Crippen molar-refractivity contribution in [3.8, 4) is 0 Å². The molecular formula is C15H20N4O. The Kier molecular flexibility index (Phi) is 4.53. The van der Waals surface area contributed by atoms with Crippen LogP contribution in [-0.2, 0) is 4.79 Å². The Morgan fingerprint density at radius 1 is 1.25 bits per heavy atom. The summed E-state index contributed by atoms with van der Waals surface area (Å²) in [6.45, 7) is 3.76. The molecule has 1 heterocycles. The van der Waals surface area contributed by atoms with Crippen molar-refractivity contribution in [2.75, 3.05) is 0 Å². The molecule has 0 aliphatic heterocycles. The normalized spacial score (nSPS) is 15.3. The molecule has 0 fully saturated rings. The number of carbonyl (C=O) groups excluding carboxylic acids is 1. The predicted molar refractivity (Wildman–Crippen MR) is 77.7 cm³/mol. The smallest absolute Gasteiger partial charge is 0.225 e. The number of benzene rings is 1. The Balaban J connectivity index is 1.98. The molecule has 5 heteroatoms. The number of aromatic amines is 1. The number of carbonyl (C=O) groups is 1. The topological polar surface area (TPSA) is 83.8 Å². The maximum atomic E-state index is 12.2. The number of hydrogen-bond acceptors (Lipinski definition) is 3. The fourth-order valence-corrected chi connectivity index (χ4v) is 2.05. The molecule has 0 saturated heterocycles. The van der Waals surface area contributed by atoms with Gasteiger partial charge in [0.1, 0.15) is 0 Å². The Bertz CT molecular complexity index is 538. The van der Waals surface area contributed by atoms with Crippen molar-refractivity contribution in [3.05, 3.63) is 53.9 Å². The third kappa shape index (κ3) is 3.24. The summed E-state index contributed by atoms with van der Waals surface area (Å²) in [5.41, 5.74) is 8.06. The maximum absolute atomic E-state index is 12.2. The molecule has 1 amide bonds. The van der Waals surface area contributed by atoms with E-state index < -0.39 is 0 Å². The van der Waals surface area contributed by atoms with Gasteiger partial charge in [0.25, 0.3) is 0 Å². The first-order valence-electron chi connectivity index (χ1n) is 6.69. The number of nitrogens with two attached hydrogens (primary N) is 1. The zero-order chi connectivity index (χ0) is 14.5. The molecule has 4 N–H and O–H groups in total. The molecule has 2 aromatic rings. The monoisotopic (exact) mass is 272 g/mol. The van der Waals surface area contributed by atoms with Crippen LogP contribution >= 0.6 is 0 Å². The Labute approximate surface area is 118 Å². The number of H-pyrrole nitrogens is 1. The van der Waals surface area contributed by atoms with E-state index in [-0.39, 0.29) is 23.9 Å². The first kappa shape index (κ1) is 14.3. The van der Waals surface area contributed by atoms with Gasteiger partial charge in [0.05, 0.1) is 18.2 Å². The van der Waals surface area contributed by atoms with E-state index in [0.717, 1.165) is 11.1 Å². The summed E-state index contributed by atoms with van der Waals surface area (Å²) in [6, 6.07) is 9.26. The minimum atomic E-state index is -0.312. The van der Waals surface area contributed by atoms with Crippen molar-refractivity contribution in [2.45, 2.75) is 25.9 Å². The minimum absolute atomic E-state index is 0.0601. The lowest BCUT2D eigenvalue weighted by atomic mass is 9.94. The minimum Gasteiger partial charge on any atom is -0.349 e. The molecule has 3 atom stereocenters. The SMILES string of the molecule is CC(NC(=O)C(C)C(N)c1ccccc1)c1cn[nH]c1. The van der Waals surface area contributed by atoms with Crippen LogP contribution in [0.3, 0.4) is 0 Å². The molecule has 0 spiro atoms. The van der Waals surface area contributed by atoms with Crippen LogP contribution in [-0.4, -0.2) is 16.1 Å². The van der Waals surface area contributed by atoms with Crippen LogP contribution in [0.15, 0.2) is 42.7 Å². The van der Waals surface area contributed by atoms with Gasteiger partial charge in [-0.2, -0.15) is 5.10 Å². The van der Waals surface area contributed by atoms with E-state index in [9.17, 15) is 4.79 Å². The number of amides is 1. The highest BCUT2D eigenvalue weighted by Crippen LogP contribution is 2.20. The first-order chi connectivity index (χ1) is 9.59. The highest BCUT2D eigenvalue weighted by Gasteiger charge is 2.23. The quantitative estimate of drug-likeness (QED) is 0.777. The van der Waals surface area contributed by atoms with Gasteiger partial charge >= 0.3 is 0 Å². The summed E-state index contributed by atoms with van der Waals surface area (Å²) in [4.78, 5) is 12.2. The molecule has 0 bridgehead atoms. The molecule has 0 aliphatic carbocycles. The maximum Gasteiger partial charge on any atom is 0.225 e. The lowest BCUT2D eigenvalue weighted by Crippen LogP contribution is -2.36. The average molecular weight is 272 g/mol. The van der Waals surface area contributed by atoms with Crippen LogP contribution in [0.1, 0.15) is 37.1 Å². The number of nitrogens with zero attached hydrogens (tertiary/aromatic N) is 1. The van der Waals surface area contributed by atoms with Crippen LogP contribution in [0.4, 0.5) is 0 Å². The lowest BCUT2D eigenvalue weighted by Gasteiger charge is -2.22. The Hall–Kier alpha value is -2.14. The summed E-state index contributed by atoms with van der Waals surface area (Å²) >= 11 is 0. The highest BCUT2D eigenvalue weighted by atomic mass is 16.1. The van der Waals surface area contributed by atoms with Crippen molar-refractivity contribution in [1.82, 2.24) is 15.5 Å². The molecular weight excluding hydrogens is 252 g/mol. The van der Waals surface area contributed by atoms with E-state index in [2.05, 4.69) is 15.5 Å². The molecule has 1 aromatic carbocycles. The largest absolute Gasteiger partial charge is 0.349 e. The molecule has 2 rings (SSSR count). The fraction of sp³-hybridized carbons (Fsp3) is 0.333. The second-order valence-electron chi connectivity index (χ2n) is 4.99. The zero-order valence-corrected chi connectivity index (χ0v) is 11.7. The summed E-state index contributed by atoms with van der Waals surface area (Å²) in [5.74, 6) is -0.359. The lowest BCUT2D eigenvalue weighted by molar-refractivity contribution is -0.125. The van der Waals surface area contributed by atoms with E-state index in [1.807, 2.05) is 44.2 Å². The van der Waals surface area contributed by atoms with Gasteiger partial charge < -0.3 is 11.1 Å². The number of nitrogens with one attached hydrogen (secondary N) is 2. The van der Waals surface area contributed by atoms with Gasteiger partial charge in [-0.05, 0) is 12.5 Å². The highest BCUT2D eigenvalue weighted by molar-refractivity contribution is 5.79. The van der Waals surface area contributed by atoms with Crippen LogP contribution in [0.5, 0.6) is 0 Å². The van der Waals surface area contributed by atoms with Gasteiger partial charge in [-0.1, -0.05) is 37.3 Å². The molecule has 1 aromatic heterocycles. The average Bonchev–Trinajstić information content (AvgIpc) is 3.01. The van der Waals surface area contributed by atoms with E-state index in [0.29, 0.717) is 0 Å². The standard InChI is InChI=1S/C15H20N4O/c1-10(14(16)12-6-4-3-5-7-12)15(20)19-11(2)13-8-17-18-9-13/h3-11,14H,16H2,1-2H3,(H,17,18)(H,19,20). The molecule has 5 nitrogen and oxygen atoms in total. The van der Waals surface area contributed by atoms with Gasteiger partial charge in [-0.25, -0.2) is 0 Å². The molecule has 0 saturated carbocycles. The summed E-state index contributed by atoms with van der Waals surface area (Å²) in [6.07, 6.45) is 3.47. The zero-order valence-electron chi connectivity index (χ0n) is 11.7. The third-order valence-corrected chi connectivity index (χ3v) is 3.51. The molecule has 3 unspecified atom stereocenters. The van der Waals surface area contributed by atoms with E-state index in [1.165, 1.54) is 0 Å². The number of hydrogen-bond donors (Lipinski definition) is 3. The van der Waals surface area contributed by atoms with Crippen molar-refractivity contribution >= 4 is 5.91 Å². The van der Waals surface area contributed by atoms with Crippen molar-refractivity contribution < 1.29 is 4.79 Å². The van der Waals surface area contributed by atoms with Crippen molar-refractivity contribution in [1.29, 1.82) is 0 Å². The van der Waals surface area contributed by atoms with E-state index >= 15 is 0 Å². The van der Waals surface area contributed by atoms with Crippen LogP contribution < -0.4 is 11.1 Å². The van der Waals surface area contributed by atoms with Crippen LogP contribution in [0, 0.1) is 5.92 Å². The Morgan fingerprint density at radius 2 is 1.95 bits per heavy atom. The van der Waals surface area contributed by atoms with Gasteiger partial charge in [0, 0.05) is 17.8 Å². The van der Waals surface area contributed by atoms with Gasteiger partial charge in [0.2, 0.25) is 5.91 Å². The molecule has 0 radical (unpaired) electrons. The first-order valence-corrected chi connectivity index (χ1v) is 6.69. The van der Waals surface area contributed by atoms with E-state index in [1.54, 1.807) is 12.4 Å². The predicted octanol–water partition coefficient (Wildman–Crippen LogP) is 1.92. The molecule has 20 heavy (non-hydrogen) atoms. The summed E-state index contributed by atoms with van der Waals surface area (Å²) in [5, 5.41) is 9.57. The second-order valence-corrected chi connectivity index (χ2v) is 4.99. The molecule has 106 valence electrons. The third-order valence-electron chi connectivity index (χ3n) is 3.51. The number of aromatic nitrogens is 2. The Morgan fingerprint density at radius 3 is 2.55 bits per heavy atom. The van der Waals surface area contributed by atoms with Crippen LogP contribution in [0.25, 0.3) is 0 Å². The summed E-state index contributed by atoms with van der Waals surface area (Å²) < 4.78 is 0. The second kappa shape index (κ2) is 6.34. The van der Waals surface area contributed by atoms with Crippen molar-refractivity contribution in [3.63, 3.8) is 0 Å². The number of rotatable bonds is 5. The van der Waals surface area contributed by atoms with Gasteiger partial charge in [-0.15, -0.1) is 0 Å². The van der Waals surface area contributed by atoms with Gasteiger partial charge in [-0.3, -0.25) is 9.89 Å². The van der Waals surface area contributed by atoms with E-state index in [4.69, 9.17) is 5.73 Å². The fourth-order valence-electron chi connectivity index (χ4n) is 2.05. The van der Waals surface area contributed by atoms with Crippen molar-refractivity contribution in [2.24, 2.45) is 11.7 Å². The van der Waals surface area contributed by atoms with Gasteiger partial charge in [0.15, 0.2) is 0 Å². The summed E-state index contributed by atoms with van der Waals surface area (Å²) in [7, 11) is 0. The molecule has 0 aliphatic rings. The van der Waals surface area contributed by atoms with Crippen LogP contribution in [0.2, 0.25) is 0 Å².